The number of rotatable bonds is 0. The van der Waals surface area contributed by atoms with Crippen LogP contribution in [0.2, 0.25) is 0 Å². The molecular weight excluding hydrogens is 190 g/mol. The number of nitrogens with zero attached hydrogens (tertiary/aromatic N) is 1. The monoisotopic (exact) mass is 205 g/mol. The lowest BCUT2D eigenvalue weighted by Crippen LogP contribution is -2.22. The fourth-order valence-corrected chi connectivity index (χ4v) is 2.74. The van der Waals surface area contributed by atoms with Crippen LogP contribution in [0.4, 0.5) is 5.69 Å². The molecule has 1 aliphatic heterocycles. The Kier molecular flexibility index (Phi) is 2.18. The van der Waals surface area contributed by atoms with Gasteiger partial charge in [0.2, 0.25) is 0 Å². The van der Waals surface area contributed by atoms with Gasteiger partial charge < -0.3 is 0 Å². The molecule has 0 N–H and O–H groups in total. The number of aryl methyl sites for hydroxylation is 1. The Labute approximate surface area is 89.6 Å². The molecule has 1 aliphatic rings. The van der Waals surface area contributed by atoms with E-state index in [9.17, 15) is 0 Å². The average Bonchev–Trinajstić information content (AvgIpc) is 2.37. The molecule has 2 rings (SSSR count). The van der Waals surface area contributed by atoms with E-state index in [4.69, 9.17) is 0 Å². The topological polar surface area (TPSA) is 12.4 Å². The molecular formula is C12H15NS. The van der Waals surface area contributed by atoms with Crippen LogP contribution in [0.15, 0.2) is 23.2 Å². The van der Waals surface area contributed by atoms with Gasteiger partial charge in [0.15, 0.2) is 0 Å². The van der Waals surface area contributed by atoms with Gasteiger partial charge in [-0.3, -0.25) is 0 Å². The van der Waals surface area contributed by atoms with Crippen LogP contribution in [0.25, 0.3) is 0 Å². The molecule has 0 bridgehead atoms. The minimum absolute atomic E-state index is 0.0997. The van der Waals surface area contributed by atoms with Crippen LogP contribution in [0.1, 0.15) is 25.0 Å². The molecule has 2 heteroatoms. The summed E-state index contributed by atoms with van der Waals surface area (Å²) in [6.07, 6.45) is 2.10. The molecule has 0 spiro atoms. The van der Waals surface area contributed by atoms with Crippen LogP contribution in [0, 0.1) is 6.92 Å². The molecule has 14 heavy (non-hydrogen) atoms. The Hall–Kier alpha value is -0.760. The maximum Gasteiger partial charge on any atom is 0.0837 e. The summed E-state index contributed by atoms with van der Waals surface area (Å²) in [6, 6.07) is 6.54. The van der Waals surface area contributed by atoms with Crippen molar-refractivity contribution in [3.05, 3.63) is 29.3 Å². The van der Waals surface area contributed by atoms with Crippen molar-refractivity contribution >= 4 is 22.5 Å². The fraction of sp³-hybridized carbons (Fsp3) is 0.417. The first-order valence-corrected chi connectivity index (χ1v) is 6.02. The van der Waals surface area contributed by atoms with E-state index in [1.807, 2.05) is 0 Å². The van der Waals surface area contributed by atoms with Crippen molar-refractivity contribution in [2.75, 3.05) is 6.26 Å². The van der Waals surface area contributed by atoms with Gasteiger partial charge in [-0.1, -0.05) is 12.1 Å². The lowest BCUT2D eigenvalue weighted by atomic mass is 9.86. The standard InChI is InChI=1S/C12H15NS/c1-8-5-6-9-10(7-8)13-11(14-4)12(9,2)3/h5-7H,1-4H3. The van der Waals surface area contributed by atoms with Crippen LogP contribution in [0.5, 0.6) is 0 Å². The van der Waals surface area contributed by atoms with E-state index in [1.54, 1.807) is 11.8 Å². The first kappa shape index (κ1) is 9.78. The third-order valence-electron chi connectivity index (χ3n) is 2.78. The van der Waals surface area contributed by atoms with E-state index in [0.29, 0.717) is 0 Å². The van der Waals surface area contributed by atoms with Gasteiger partial charge in [0.1, 0.15) is 0 Å². The summed E-state index contributed by atoms with van der Waals surface area (Å²) >= 11 is 1.75. The van der Waals surface area contributed by atoms with Gasteiger partial charge in [-0.15, -0.1) is 11.8 Å². The van der Waals surface area contributed by atoms with Crippen molar-refractivity contribution in [2.24, 2.45) is 4.99 Å². The lowest BCUT2D eigenvalue weighted by Gasteiger charge is -2.20. The number of hydrogen-bond acceptors (Lipinski definition) is 2. The van der Waals surface area contributed by atoms with Crippen LogP contribution in [-0.4, -0.2) is 11.3 Å². The van der Waals surface area contributed by atoms with Crippen molar-refractivity contribution < 1.29 is 0 Å². The summed E-state index contributed by atoms with van der Waals surface area (Å²) in [5.74, 6) is 0. The molecule has 0 fully saturated rings. The summed E-state index contributed by atoms with van der Waals surface area (Å²) in [6.45, 7) is 6.59. The lowest BCUT2D eigenvalue weighted by molar-refractivity contribution is 0.748. The molecule has 0 unspecified atom stereocenters. The highest BCUT2D eigenvalue weighted by Gasteiger charge is 2.34. The second-order valence-electron chi connectivity index (χ2n) is 4.27. The van der Waals surface area contributed by atoms with E-state index in [0.717, 1.165) is 5.69 Å². The third-order valence-corrected chi connectivity index (χ3v) is 3.76. The Bertz CT molecular complexity index is 405. The van der Waals surface area contributed by atoms with Crippen molar-refractivity contribution in [3.63, 3.8) is 0 Å². The number of hydrogen-bond donors (Lipinski definition) is 0. The highest BCUT2D eigenvalue weighted by molar-refractivity contribution is 8.13. The average molecular weight is 205 g/mol. The predicted octanol–water partition coefficient (Wildman–Crippen LogP) is 3.68. The zero-order valence-corrected chi connectivity index (χ0v) is 9.90. The minimum Gasteiger partial charge on any atom is -0.245 e. The second-order valence-corrected chi connectivity index (χ2v) is 5.06. The molecule has 74 valence electrons. The molecule has 0 aromatic heterocycles. The van der Waals surface area contributed by atoms with E-state index in [-0.39, 0.29) is 5.41 Å². The highest BCUT2D eigenvalue weighted by Crippen LogP contribution is 2.42. The first-order chi connectivity index (χ1) is 6.55. The van der Waals surface area contributed by atoms with Gasteiger partial charge in [0.25, 0.3) is 0 Å². The molecule has 0 radical (unpaired) electrons. The van der Waals surface area contributed by atoms with Crippen molar-refractivity contribution in [1.82, 2.24) is 0 Å². The quantitative estimate of drug-likeness (QED) is 0.629. The summed E-state index contributed by atoms with van der Waals surface area (Å²) in [4.78, 5) is 4.66. The molecule has 0 atom stereocenters. The SMILES string of the molecule is CSC1=Nc2cc(C)ccc2C1(C)C. The zero-order valence-electron chi connectivity index (χ0n) is 9.09. The molecule has 0 saturated heterocycles. The van der Waals surface area contributed by atoms with Gasteiger partial charge >= 0.3 is 0 Å². The van der Waals surface area contributed by atoms with Gasteiger partial charge in [-0.2, -0.15) is 0 Å². The first-order valence-electron chi connectivity index (χ1n) is 4.80. The molecule has 1 aromatic carbocycles. The maximum atomic E-state index is 4.66. The van der Waals surface area contributed by atoms with Gasteiger partial charge in [0.05, 0.1) is 10.7 Å². The summed E-state index contributed by atoms with van der Waals surface area (Å²) in [5, 5.41) is 1.22. The largest absolute Gasteiger partial charge is 0.245 e. The van der Waals surface area contributed by atoms with Crippen LogP contribution in [0.3, 0.4) is 0 Å². The van der Waals surface area contributed by atoms with Crippen LogP contribution >= 0.6 is 11.8 Å². The summed E-state index contributed by atoms with van der Waals surface area (Å²) in [5.41, 5.74) is 3.89. The Balaban J connectivity index is 2.59. The molecule has 1 nitrogen and oxygen atoms in total. The minimum atomic E-state index is 0.0997. The maximum absolute atomic E-state index is 4.66. The Morgan fingerprint density at radius 2 is 2.00 bits per heavy atom. The van der Waals surface area contributed by atoms with Gasteiger partial charge in [-0.05, 0) is 44.2 Å². The molecule has 0 aliphatic carbocycles. The zero-order chi connectivity index (χ0) is 10.3. The number of thioether (sulfide) groups is 1. The van der Waals surface area contributed by atoms with Crippen molar-refractivity contribution in [1.29, 1.82) is 0 Å². The number of fused-ring (bicyclic) bond motifs is 1. The van der Waals surface area contributed by atoms with Crippen molar-refractivity contribution in [2.45, 2.75) is 26.2 Å². The van der Waals surface area contributed by atoms with Crippen molar-refractivity contribution in [3.8, 4) is 0 Å². The summed E-state index contributed by atoms with van der Waals surface area (Å²) < 4.78 is 0. The van der Waals surface area contributed by atoms with Crippen LogP contribution in [-0.2, 0) is 5.41 Å². The molecule has 1 heterocycles. The van der Waals surface area contributed by atoms with E-state index < -0.39 is 0 Å². The normalized spacial score (nSPS) is 17.9. The van der Waals surface area contributed by atoms with E-state index in [2.05, 4.69) is 50.2 Å². The molecule has 0 amide bonds. The second kappa shape index (κ2) is 3.13. The highest BCUT2D eigenvalue weighted by atomic mass is 32.2. The smallest absolute Gasteiger partial charge is 0.0837 e. The van der Waals surface area contributed by atoms with Gasteiger partial charge in [0, 0.05) is 5.41 Å². The van der Waals surface area contributed by atoms with Crippen LogP contribution < -0.4 is 0 Å². The van der Waals surface area contributed by atoms with Gasteiger partial charge in [-0.25, -0.2) is 4.99 Å². The number of aliphatic imine (C=N–C) groups is 1. The Morgan fingerprint density at radius 3 is 2.64 bits per heavy atom. The fourth-order valence-electron chi connectivity index (χ4n) is 1.93. The van der Waals surface area contributed by atoms with E-state index in [1.165, 1.54) is 16.2 Å². The summed E-state index contributed by atoms with van der Waals surface area (Å²) in [7, 11) is 0. The predicted molar refractivity (Wildman–Crippen MR) is 64.8 cm³/mol. The third kappa shape index (κ3) is 1.29. The molecule has 1 aromatic rings. The molecule has 0 saturated carbocycles. The van der Waals surface area contributed by atoms with E-state index >= 15 is 0 Å². The Morgan fingerprint density at radius 1 is 1.29 bits per heavy atom. The number of benzene rings is 1.